The Morgan fingerprint density at radius 1 is 1.03 bits per heavy atom. The highest BCUT2D eigenvalue weighted by Gasteiger charge is 2.35. The number of rotatable bonds is 6. The van der Waals surface area contributed by atoms with Crippen LogP contribution in [0.5, 0.6) is 5.75 Å². The zero-order valence-corrected chi connectivity index (χ0v) is 18.5. The van der Waals surface area contributed by atoms with E-state index in [2.05, 4.69) is 0 Å². The summed E-state index contributed by atoms with van der Waals surface area (Å²) in [5.74, 6) is -1.89. The van der Waals surface area contributed by atoms with Gasteiger partial charge in [0.2, 0.25) is 23.1 Å². The van der Waals surface area contributed by atoms with Crippen LogP contribution in [0.25, 0.3) is 0 Å². The molecule has 1 saturated heterocycles. The summed E-state index contributed by atoms with van der Waals surface area (Å²) in [6.07, 6.45) is 0.0873. The number of methoxy groups -OCH3 is 2. The SMILES string of the molecule is COC1=C(OC)C(=O)C(Cc2ccc(OC(C)=O)c(C(=O)N3CCOCC3)c2)=C(C)C1=O. The highest BCUT2D eigenvalue weighted by Crippen LogP contribution is 2.30. The lowest BCUT2D eigenvalue weighted by Crippen LogP contribution is -2.40. The number of esters is 1. The molecule has 1 fully saturated rings. The number of hydrogen-bond acceptors (Lipinski definition) is 8. The van der Waals surface area contributed by atoms with E-state index in [1.165, 1.54) is 27.2 Å². The van der Waals surface area contributed by atoms with Crippen molar-refractivity contribution >= 4 is 23.4 Å². The van der Waals surface area contributed by atoms with Gasteiger partial charge in [-0.1, -0.05) is 6.07 Å². The van der Waals surface area contributed by atoms with Crippen LogP contribution in [-0.4, -0.2) is 68.9 Å². The molecule has 0 saturated carbocycles. The molecule has 0 N–H and O–H groups in total. The zero-order chi connectivity index (χ0) is 23.4. The molecule has 1 aromatic rings. The van der Waals surface area contributed by atoms with Gasteiger partial charge in [-0.2, -0.15) is 0 Å². The Balaban J connectivity index is 1.97. The van der Waals surface area contributed by atoms with Crippen molar-refractivity contribution < 1.29 is 38.1 Å². The van der Waals surface area contributed by atoms with Gasteiger partial charge >= 0.3 is 5.97 Å². The molecule has 1 heterocycles. The number of carbonyl (C=O) groups is 4. The molecule has 0 aromatic heterocycles. The van der Waals surface area contributed by atoms with Gasteiger partial charge in [0.1, 0.15) is 5.75 Å². The molecule has 0 unspecified atom stereocenters. The van der Waals surface area contributed by atoms with Gasteiger partial charge in [-0.05, 0) is 24.6 Å². The molecular formula is C23H25NO8. The smallest absolute Gasteiger partial charge is 0.308 e. The normalized spacial score (nSPS) is 16.9. The average molecular weight is 443 g/mol. The lowest BCUT2D eigenvalue weighted by atomic mass is 9.88. The van der Waals surface area contributed by atoms with E-state index < -0.39 is 17.5 Å². The number of nitrogens with zero attached hydrogens (tertiary/aromatic N) is 1. The third-order valence-electron chi connectivity index (χ3n) is 5.30. The first-order valence-electron chi connectivity index (χ1n) is 10.1. The molecule has 0 spiro atoms. The number of hydrogen-bond donors (Lipinski definition) is 0. The van der Waals surface area contributed by atoms with Gasteiger partial charge in [-0.3, -0.25) is 19.2 Å². The molecule has 1 aliphatic heterocycles. The van der Waals surface area contributed by atoms with Crippen LogP contribution in [-0.2, 0) is 35.0 Å². The molecule has 3 rings (SSSR count). The van der Waals surface area contributed by atoms with Crippen molar-refractivity contribution in [3.05, 3.63) is 52.0 Å². The Morgan fingerprint density at radius 3 is 2.25 bits per heavy atom. The third kappa shape index (κ3) is 4.57. The summed E-state index contributed by atoms with van der Waals surface area (Å²) < 4.78 is 20.7. The molecule has 0 bridgehead atoms. The van der Waals surface area contributed by atoms with Crippen LogP contribution in [0.4, 0.5) is 0 Å². The maximum absolute atomic E-state index is 13.1. The van der Waals surface area contributed by atoms with Crippen LogP contribution in [0, 0.1) is 0 Å². The number of ether oxygens (including phenoxy) is 4. The lowest BCUT2D eigenvalue weighted by Gasteiger charge is -2.27. The molecule has 0 radical (unpaired) electrons. The second-order valence-electron chi connectivity index (χ2n) is 7.33. The van der Waals surface area contributed by atoms with E-state index in [4.69, 9.17) is 18.9 Å². The van der Waals surface area contributed by atoms with Crippen LogP contribution < -0.4 is 4.74 Å². The Morgan fingerprint density at radius 2 is 1.66 bits per heavy atom. The summed E-state index contributed by atoms with van der Waals surface area (Å²) in [7, 11) is 2.60. The fraction of sp³-hybridized carbons (Fsp3) is 0.391. The average Bonchev–Trinajstić information content (AvgIpc) is 2.79. The second-order valence-corrected chi connectivity index (χ2v) is 7.33. The molecule has 170 valence electrons. The number of carbonyl (C=O) groups excluding carboxylic acids is 4. The highest BCUT2D eigenvalue weighted by molar-refractivity contribution is 6.23. The van der Waals surface area contributed by atoms with Crippen molar-refractivity contribution in [3.63, 3.8) is 0 Å². The minimum absolute atomic E-state index is 0.0873. The number of allylic oxidation sites excluding steroid dienone is 2. The van der Waals surface area contributed by atoms with Gasteiger partial charge in [-0.25, -0.2) is 0 Å². The van der Waals surface area contributed by atoms with Crippen molar-refractivity contribution in [1.29, 1.82) is 0 Å². The van der Waals surface area contributed by atoms with E-state index in [-0.39, 0.29) is 46.3 Å². The Labute approximate surface area is 185 Å². The number of amides is 1. The quantitative estimate of drug-likeness (QED) is 0.371. The Bertz CT molecular complexity index is 1030. The van der Waals surface area contributed by atoms with E-state index in [0.717, 1.165) is 0 Å². The predicted molar refractivity (Wildman–Crippen MR) is 112 cm³/mol. The molecule has 1 aromatic carbocycles. The lowest BCUT2D eigenvalue weighted by molar-refractivity contribution is -0.131. The summed E-state index contributed by atoms with van der Waals surface area (Å²) in [5, 5.41) is 0. The Hall–Kier alpha value is -3.46. The minimum Gasteiger partial charge on any atom is -0.489 e. The summed E-state index contributed by atoms with van der Waals surface area (Å²) >= 11 is 0. The first kappa shape index (κ1) is 23.2. The molecule has 9 nitrogen and oxygen atoms in total. The van der Waals surface area contributed by atoms with Crippen LogP contribution in [0.3, 0.4) is 0 Å². The highest BCUT2D eigenvalue weighted by atomic mass is 16.5. The fourth-order valence-corrected chi connectivity index (χ4v) is 3.64. The minimum atomic E-state index is -0.553. The molecule has 2 aliphatic rings. The largest absolute Gasteiger partial charge is 0.489 e. The summed E-state index contributed by atoms with van der Waals surface area (Å²) in [6.45, 7) is 4.48. The molecule has 1 amide bonds. The van der Waals surface area contributed by atoms with E-state index in [9.17, 15) is 19.2 Å². The van der Waals surface area contributed by atoms with Crippen LogP contribution >= 0.6 is 0 Å². The van der Waals surface area contributed by atoms with Crippen molar-refractivity contribution in [2.45, 2.75) is 20.3 Å². The molecule has 0 atom stereocenters. The van der Waals surface area contributed by atoms with Crippen molar-refractivity contribution in [2.75, 3.05) is 40.5 Å². The van der Waals surface area contributed by atoms with Gasteiger partial charge in [0.15, 0.2) is 0 Å². The van der Waals surface area contributed by atoms with E-state index in [0.29, 0.717) is 31.9 Å². The first-order valence-corrected chi connectivity index (χ1v) is 10.1. The second kappa shape index (κ2) is 9.78. The zero-order valence-electron chi connectivity index (χ0n) is 18.5. The van der Waals surface area contributed by atoms with Gasteiger partial charge in [0, 0.05) is 37.6 Å². The van der Waals surface area contributed by atoms with Gasteiger partial charge in [0.05, 0.1) is 33.0 Å². The fourth-order valence-electron chi connectivity index (χ4n) is 3.64. The maximum atomic E-state index is 13.1. The van der Waals surface area contributed by atoms with Crippen LogP contribution in [0.2, 0.25) is 0 Å². The van der Waals surface area contributed by atoms with Crippen LogP contribution in [0.15, 0.2) is 40.9 Å². The number of benzene rings is 1. The van der Waals surface area contributed by atoms with E-state index in [1.54, 1.807) is 24.0 Å². The van der Waals surface area contributed by atoms with Crippen molar-refractivity contribution in [2.24, 2.45) is 0 Å². The molecular weight excluding hydrogens is 418 g/mol. The van der Waals surface area contributed by atoms with Crippen molar-refractivity contribution in [1.82, 2.24) is 4.90 Å². The third-order valence-corrected chi connectivity index (χ3v) is 5.30. The number of morpholine rings is 1. The summed E-state index contributed by atoms with van der Waals surface area (Å²) in [4.78, 5) is 51.8. The van der Waals surface area contributed by atoms with E-state index in [1.807, 2.05) is 0 Å². The first-order chi connectivity index (χ1) is 15.3. The molecule has 32 heavy (non-hydrogen) atoms. The van der Waals surface area contributed by atoms with Crippen LogP contribution in [0.1, 0.15) is 29.8 Å². The predicted octanol–water partition coefficient (Wildman–Crippen LogP) is 1.60. The maximum Gasteiger partial charge on any atom is 0.308 e. The van der Waals surface area contributed by atoms with Gasteiger partial charge in [0.25, 0.3) is 5.91 Å². The Kier molecular flexibility index (Phi) is 7.09. The summed E-state index contributed by atoms with van der Waals surface area (Å²) in [6, 6.07) is 4.74. The van der Waals surface area contributed by atoms with Crippen molar-refractivity contribution in [3.8, 4) is 5.75 Å². The number of Topliss-reactive ketones (excluding diaryl/α,β-unsaturated/α-hetero) is 2. The monoisotopic (exact) mass is 443 g/mol. The van der Waals surface area contributed by atoms with E-state index >= 15 is 0 Å². The standard InChI is InChI=1S/C23H25NO8/c1-13-16(20(27)22(30-4)21(29-3)19(13)26)11-15-5-6-18(32-14(2)25)17(12-15)23(28)24-7-9-31-10-8-24/h5-6,12H,7-11H2,1-4H3. The number of ketones is 2. The van der Waals surface area contributed by atoms with Gasteiger partial charge in [-0.15, -0.1) is 0 Å². The molecule has 9 heteroatoms. The van der Waals surface area contributed by atoms with Gasteiger partial charge < -0.3 is 23.8 Å². The summed E-state index contributed by atoms with van der Waals surface area (Å²) in [5.41, 5.74) is 1.30. The molecule has 1 aliphatic carbocycles. The topological polar surface area (TPSA) is 108 Å².